The van der Waals surface area contributed by atoms with Crippen LogP contribution in [0.2, 0.25) is 0 Å². The topological polar surface area (TPSA) is 0 Å². The van der Waals surface area contributed by atoms with Crippen molar-refractivity contribution in [2.45, 2.75) is 34.1 Å². The standard InChI is InChI=1S/C9H12.C2H6.ClH/c1-3-9-6-4-8(2)5-7-9;1-2;/h4-7H,3H2,1-2H3;1-2H3;1H. The molecule has 0 fully saturated rings. The first-order chi connectivity index (χ1) is 5.33. The van der Waals surface area contributed by atoms with Crippen LogP contribution in [-0.4, -0.2) is 0 Å². The number of hydrogen-bond acceptors (Lipinski definition) is 0. The third kappa shape index (κ3) is 5.20. The minimum atomic E-state index is 0. The molecule has 1 aromatic carbocycles. The molecule has 0 bridgehead atoms. The van der Waals surface area contributed by atoms with Gasteiger partial charge in [0.1, 0.15) is 0 Å². The molecule has 1 heteroatoms. The van der Waals surface area contributed by atoms with Gasteiger partial charge in [-0.1, -0.05) is 50.6 Å². The zero-order chi connectivity index (χ0) is 8.69. The number of benzene rings is 1. The maximum Gasteiger partial charge on any atom is -0.0307 e. The first-order valence-corrected chi connectivity index (χ1v) is 4.38. The van der Waals surface area contributed by atoms with Gasteiger partial charge in [-0.05, 0) is 18.9 Å². The van der Waals surface area contributed by atoms with Crippen molar-refractivity contribution < 1.29 is 0 Å². The molecule has 0 amide bonds. The summed E-state index contributed by atoms with van der Waals surface area (Å²) < 4.78 is 0. The number of halogens is 1. The molecule has 0 nitrogen and oxygen atoms in total. The molecule has 0 atom stereocenters. The zero-order valence-electron chi connectivity index (χ0n) is 8.42. The van der Waals surface area contributed by atoms with Gasteiger partial charge in [-0.2, -0.15) is 0 Å². The van der Waals surface area contributed by atoms with E-state index in [1.807, 2.05) is 13.8 Å². The molecule has 1 rings (SSSR count). The zero-order valence-corrected chi connectivity index (χ0v) is 9.24. The van der Waals surface area contributed by atoms with Crippen LogP contribution in [0.15, 0.2) is 24.3 Å². The fourth-order valence-corrected chi connectivity index (χ4v) is 0.824. The third-order valence-electron chi connectivity index (χ3n) is 1.53. The van der Waals surface area contributed by atoms with Crippen molar-refractivity contribution in [2.24, 2.45) is 0 Å². The summed E-state index contributed by atoms with van der Waals surface area (Å²) in [6.07, 6.45) is 1.14. The summed E-state index contributed by atoms with van der Waals surface area (Å²) in [6, 6.07) is 8.66. The summed E-state index contributed by atoms with van der Waals surface area (Å²) in [6.45, 7) is 8.28. The van der Waals surface area contributed by atoms with Crippen LogP contribution in [0.1, 0.15) is 31.9 Å². The van der Waals surface area contributed by atoms with Crippen LogP contribution in [0.3, 0.4) is 0 Å². The van der Waals surface area contributed by atoms with Crippen LogP contribution in [0.5, 0.6) is 0 Å². The van der Waals surface area contributed by atoms with Gasteiger partial charge in [0, 0.05) is 0 Å². The molecule has 0 aromatic heterocycles. The first-order valence-electron chi connectivity index (χ1n) is 4.38. The van der Waals surface area contributed by atoms with E-state index in [1.54, 1.807) is 0 Å². The Kier molecular flexibility index (Phi) is 10.1. The molecule has 0 aliphatic carbocycles. The molecular formula is C11H19Cl. The van der Waals surface area contributed by atoms with Gasteiger partial charge in [0.05, 0.1) is 0 Å². The maximum atomic E-state index is 2.18. The van der Waals surface area contributed by atoms with E-state index in [1.165, 1.54) is 11.1 Å². The molecule has 0 aliphatic heterocycles. The summed E-state index contributed by atoms with van der Waals surface area (Å²) in [7, 11) is 0. The van der Waals surface area contributed by atoms with Gasteiger partial charge in [0.25, 0.3) is 0 Å². The lowest BCUT2D eigenvalue weighted by Gasteiger charge is -1.94. The van der Waals surface area contributed by atoms with E-state index < -0.39 is 0 Å². The first kappa shape index (κ1) is 14.1. The van der Waals surface area contributed by atoms with Gasteiger partial charge in [-0.3, -0.25) is 0 Å². The molecule has 70 valence electrons. The van der Waals surface area contributed by atoms with Crippen LogP contribution < -0.4 is 0 Å². The highest BCUT2D eigenvalue weighted by Gasteiger charge is 1.84. The van der Waals surface area contributed by atoms with Crippen molar-refractivity contribution in [1.82, 2.24) is 0 Å². The number of aryl methyl sites for hydroxylation is 2. The van der Waals surface area contributed by atoms with Gasteiger partial charge in [0.15, 0.2) is 0 Å². The Morgan fingerprint density at radius 1 is 1.00 bits per heavy atom. The van der Waals surface area contributed by atoms with E-state index in [9.17, 15) is 0 Å². The number of hydrogen-bond donors (Lipinski definition) is 0. The molecule has 0 N–H and O–H groups in total. The molecule has 1 aromatic rings. The Morgan fingerprint density at radius 2 is 1.42 bits per heavy atom. The maximum absolute atomic E-state index is 2.18. The van der Waals surface area contributed by atoms with Crippen molar-refractivity contribution in [3.63, 3.8) is 0 Å². The highest BCUT2D eigenvalue weighted by molar-refractivity contribution is 5.85. The van der Waals surface area contributed by atoms with E-state index >= 15 is 0 Å². The Balaban J connectivity index is 0. The quantitative estimate of drug-likeness (QED) is 0.622. The Labute approximate surface area is 82.4 Å². The molecule has 0 aliphatic rings. The fraction of sp³-hybridized carbons (Fsp3) is 0.455. The predicted octanol–water partition coefficient (Wildman–Crippen LogP) is 4.01. The minimum absolute atomic E-state index is 0. The average molecular weight is 187 g/mol. The molecule has 0 radical (unpaired) electrons. The highest BCUT2D eigenvalue weighted by Crippen LogP contribution is 2.02. The second kappa shape index (κ2) is 8.61. The third-order valence-corrected chi connectivity index (χ3v) is 1.53. The molecular weight excluding hydrogens is 168 g/mol. The monoisotopic (exact) mass is 186 g/mol. The second-order valence-corrected chi connectivity index (χ2v) is 2.34. The summed E-state index contributed by atoms with van der Waals surface area (Å²) >= 11 is 0. The van der Waals surface area contributed by atoms with Gasteiger partial charge >= 0.3 is 0 Å². The Bertz CT molecular complexity index is 177. The predicted molar refractivity (Wildman–Crippen MR) is 59.2 cm³/mol. The summed E-state index contributed by atoms with van der Waals surface area (Å²) in [5.74, 6) is 0. The van der Waals surface area contributed by atoms with Crippen LogP contribution in [-0.2, 0) is 6.42 Å². The van der Waals surface area contributed by atoms with E-state index in [-0.39, 0.29) is 12.4 Å². The van der Waals surface area contributed by atoms with Crippen molar-refractivity contribution in [3.05, 3.63) is 35.4 Å². The summed E-state index contributed by atoms with van der Waals surface area (Å²) in [5, 5.41) is 0. The van der Waals surface area contributed by atoms with E-state index in [0.717, 1.165) is 6.42 Å². The normalized spacial score (nSPS) is 7.67. The lowest BCUT2D eigenvalue weighted by molar-refractivity contribution is 1.14. The molecule has 0 saturated heterocycles. The van der Waals surface area contributed by atoms with E-state index in [2.05, 4.69) is 38.1 Å². The summed E-state index contributed by atoms with van der Waals surface area (Å²) in [4.78, 5) is 0. The smallest absolute Gasteiger partial charge is 0.0307 e. The molecule has 0 spiro atoms. The Morgan fingerprint density at radius 3 is 1.75 bits per heavy atom. The fourth-order valence-electron chi connectivity index (χ4n) is 0.824. The molecule has 0 saturated carbocycles. The van der Waals surface area contributed by atoms with Gasteiger partial charge in [0.2, 0.25) is 0 Å². The largest absolute Gasteiger partial charge is 0.147 e. The summed E-state index contributed by atoms with van der Waals surface area (Å²) in [5.41, 5.74) is 2.76. The van der Waals surface area contributed by atoms with Gasteiger partial charge < -0.3 is 0 Å². The van der Waals surface area contributed by atoms with Crippen LogP contribution in [0.4, 0.5) is 0 Å². The second-order valence-electron chi connectivity index (χ2n) is 2.34. The van der Waals surface area contributed by atoms with E-state index in [0.29, 0.717) is 0 Å². The lowest BCUT2D eigenvalue weighted by atomic mass is 10.1. The van der Waals surface area contributed by atoms with Crippen LogP contribution in [0.25, 0.3) is 0 Å². The van der Waals surface area contributed by atoms with Crippen molar-refractivity contribution >= 4 is 12.4 Å². The molecule has 0 heterocycles. The molecule has 12 heavy (non-hydrogen) atoms. The number of rotatable bonds is 1. The van der Waals surface area contributed by atoms with E-state index in [4.69, 9.17) is 0 Å². The minimum Gasteiger partial charge on any atom is -0.147 e. The lowest BCUT2D eigenvalue weighted by Crippen LogP contribution is -1.77. The molecule has 0 unspecified atom stereocenters. The van der Waals surface area contributed by atoms with Crippen molar-refractivity contribution in [2.75, 3.05) is 0 Å². The Hall–Kier alpha value is -0.490. The average Bonchev–Trinajstić information content (AvgIpc) is 2.10. The van der Waals surface area contributed by atoms with Crippen LogP contribution in [0, 0.1) is 6.92 Å². The van der Waals surface area contributed by atoms with Gasteiger partial charge in [-0.25, -0.2) is 0 Å². The highest BCUT2D eigenvalue weighted by atomic mass is 35.5. The van der Waals surface area contributed by atoms with Crippen molar-refractivity contribution in [3.8, 4) is 0 Å². The van der Waals surface area contributed by atoms with Crippen molar-refractivity contribution in [1.29, 1.82) is 0 Å². The van der Waals surface area contributed by atoms with Crippen LogP contribution >= 0.6 is 12.4 Å². The SMILES string of the molecule is CC.CCc1ccc(C)cc1.Cl. The van der Waals surface area contributed by atoms with Gasteiger partial charge in [-0.15, -0.1) is 12.4 Å².